The van der Waals surface area contributed by atoms with Gasteiger partial charge >= 0.3 is 5.88 Å². The van der Waals surface area contributed by atoms with Gasteiger partial charge in [0.1, 0.15) is 4.92 Å². The number of aryl methyl sites for hydroxylation is 1. The fourth-order valence-electron chi connectivity index (χ4n) is 1.49. The lowest BCUT2D eigenvalue weighted by Crippen LogP contribution is -1.91. The topological polar surface area (TPSA) is 73.3 Å². The molecule has 2 rings (SSSR count). The van der Waals surface area contributed by atoms with Gasteiger partial charge in [0.05, 0.1) is 6.07 Å². The second kappa shape index (κ2) is 5.30. The molecule has 5 heteroatoms. The molecule has 2 aromatic rings. The Labute approximate surface area is 109 Å². The smallest absolute Gasteiger partial charge is 0.397 e. The highest BCUT2D eigenvalue weighted by atomic mass is 16.6. The fraction of sp³-hybridized carbons (Fsp3) is 0.0714. The van der Waals surface area contributed by atoms with Gasteiger partial charge in [-0.25, -0.2) is 0 Å². The predicted molar refractivity (Wildman–Crippen MR) is 69.9 cm³/mol. The van der Waals surface area contributed by atoms with Gasteiger partial charge in [-0.05, 0) is 24.6 Å². The molecule has 0 saturated heterocycles. The lowest BCUT2D eigenvalue weighted by Gasteiger charge is -1.94. The highest BCUT2D eigenvalue weighted by Gasteiger charge is 2.15. The van der Waals surface area contributed by atoms with Gasteiger partial charge in [-0.2, -0.15) is 0 Å². The zero-order valence-electron chi connectivity index (χ0n) is 10.2. The number of rotatable bonds is 4. The SMILES string of the molecule is Cc1ccc(/C=C/C(=O)c2ccc([N+](=O)[O-])o2)cc1. The molecule has 0 fully saturated rings. The normalized spacial score (nSPS) is 10.8. The number of ketones is 1. The summed E-state index contributed by atoms with van der Waals surface area (Å²) in [5, 5.41) is 10.4. The molecule has 96 valence electrons. The molecule has 0 N–H and O–H groups in total. The van der Waals surface area contributed by atoms with Crippen LogP contribution in [0.25, 0.3) is 6.08 Å². The van der Waals surface area contributed by atoms with E-state index in [4.69, 9.17) is 4.42 Å². The summed E-state index contributed by atoms with van der Waals surface area (Å²) in [7, 11) is 0. The standard InChI is InChI=1S/C14H11NO4/c1-10-2-4-11(5-3-10)6-7-12(16)13-8-9-14(19-13)15(17)18/h2-9H,1H3/b7-6+. The lowest BCUT2D eigenvalue weighted by molar-refractivity contribution is -0.402. The number of hydrogen-bond donors (Lipinski definition) is 0. The van der Waals surface area contributed by atoms with E-state index in [0.29, 0.717) is 0 Å². The van der Waals surface area contributed by atoms with E-state index < -0.39 is 16.6 Å². The minimum atomic E-state index is -0.680. The molecular formula is C14H11NO4. The zero-order chi connectivity index (χ0) is 13.8. The quantitative estimate of drug-likeness (QED) is 0.364. The Morgan fingerprint density at radius 1 is 1.21 bits per heavy atom. The van der Waals surface area contributed by atoms with Crippen LogP contribution in [0, 0.1) is 17.0 Å². The maximum Gasteiger partial charge on any atom is 0.433 e. The van der Waals surface area contributed by atoms with E-state index in [9.17, 15) is 14.9 Å². The van der Waals surface area contributed by atoms with Crippen molar-refractivity contribution in [2.24, 2.45) is 0 Å². The Morgan fingerprint density at radius 3 is 2.47 bits per heavy atom. The van der Waals surface area contributed by atoms with E-state index in [1.54, 1.807) is 6.08 Å². The van der Waals surface area contributed by atoms with Gasteiger partial charge in [0.25, 0.3) is 0 Å². The van der Waals surface area contributed by atoms with E-state index in [1.807, 2.05) is 31.2 Å². The molecule has 1 aromatic heterocycles. The summed E-state index contributed by atoms with van der Waals surface area (Å²) < 4.78 is 4.81. The highest BCUT2D eigenvalue weighted by Crippen LogP contribution is 2.16. The van der Waals surface area contributed by atoms with Crippen molar-refractivity contribution in [2.45, 2.75) is 6.92 Å². The second-order valence-corrected chi connectivity index (χ2v) is 4.00. The predicted octanol–water partition coefficient (Wildman–Crippen LogP) is 3.39. The van der Waals surface area contributed by atoms with Crippen LogP contribution >= 0.6 is 0 Å². The maximum atomic E-state index is 11.7. The molecule has 0 atom stereocenters. The van der Waals surface area contributed by atoms with Crippen LogP contribution in [-0.4, -0.2) is 10.7 Å². The molecule has 0 aliphatic rings. The van der Waals surface area contributed by atoms with Gasteiger partial charge in [-0.1, -0.05) is 35.9 Å². The van der Waals surface area contributed by atoms with E-state index in [2.05, 4.69) is 0 Å². The summed E-state index contributed by atoms with van der Waals surface area (Å²) in [4.78, 5) is 21.5. The maximum absolute atomic E-state index is 11.7. The van der Waals surface area contributed by atoms with Gasteiger partial charge in [0.2, 0.25) is 5.78 Å². The van der Waals surface area contributed by atoms with Gasteiger partial charge in [-0.3, -0.25) is 14.9 Å². The Bertz CT molecular complexity index is 638. The van der Waals surface area contributed by atoms with E-state index in [1.165, 1.54) is 12.1 Å². The summed E-state index contributed by atoms with van der Waals surface area (Å²) >= 11 is 0. The monoisotopic (exact) mass is 257 g/mol. The van der Waals surface area contributed by atoms with Crippen molar-refractivity contribution in [3.05, 3.63) is 69.5 Å². The summed E-state index contributed by atoms with van der Waals surface area (Å²) in [5.41, 5.74) is 2.00. The van der Waals surface area contributed by atoms with Crippen LogP contribution in [0.2, 0.25) is 0 Å². The number of carbonyl (C=O) groups excluding carboxylic acids is 1. The lowest BCUT2D eigenvalue weighted by atomic mass is 10.1. The Balaban J connectivity index is 2.11. The molecule has 5 nitrogen and oxygen atoms in total. The summed E-state index contributed by atoms with van der Waals surface area (Å²) in [6.45, 7) is 1.97. The number of benzene rings is 1. The molecule has 19 heavy (non-hydrogen) atoms. The van der Waals surface area contributed by atoms with Crippen molar-refractivity contribution in [3.8, 4) is 0 Å². The number of allylic oxidation sites excluding steroid dienone is 1. The van der Waals surface area contributed by atoms with Crippen LogP contribution < -0.4 is 0 Å². The molecule has 1 aromatic carbocycles. The van der Waals surface area contributed by atoms with Crippen LogP contribution in [-0.2, 0) is 0 Å². The Hall–Kier alpha value is -2.69. The summed E-state index contributed by atoms with van der Waals surface area (Å²) in [5.74, 6) is -0.893. The van der Waals surface area contributed by atoms with Gasteiger partial charge in [0, 0.05) is 0 Å². The van der Waals surface area contributed by atoms with E-state index in [-0.39, 0.29) is 5.76 Å². The van der Waals surface area contributed by atoms with Crippen LogP contribution in [0.1, 0.15) is 21.7 Å². The third-order valence-electron chi connectivity index (χ3n) is 2.52. The van der Waals surface area contributed by atoms with Gasteiger partial charge < -0.3 is 4.42 Å². The van der Waals surface area contributed by atoms with Crippen LogP contribution in [0.5, 0.6) is 0 Å². The molecule has 0 saturated carbocycles. The first kappa shape index (κ1) is 12.8. The summed E-state index contributed by atoms with van der Waals surface area (Å²) in [6, 6.07) is 10.1. The number of nitro groups is 1. The van der Waals surface area contributed by atoms with Gasteiger partial charge in [0.15, 0.2) is 5.76 Å². The number of nitrogens with zero attached hydrogens (tertiary/aromatic N) is 1. The molecule has 0 amide bonds. The van der Waals surface area contributed by atoms with Crippen LogP contribution in [0.4, 0.5) is 5.88 Å². The van der Waals surface area contributed by atoms with Crippen LogP contribution in [0.15, 0.2) is 46.9 Å². The average molecular weight is 257 g/mol. The van der Waals surface area contributed by atoms with Crippen molar-refractivity contribution in [2.75, 3.05) is 0 Å². The number of carbonyl (C=O) groups is 1. The fourth-order valence-corrected chi connectivity index (χ4v) is 1.49. The first-order valence-corrected chi connectivity index (χ1v) is 5.59. The van der Waals surface area contributed by atoms with Crippen molar-refractivity contribution in [1.82, 2.24) is 0 Å². The van der Waals surface area contributed by atoms with Crippen molar-refractivity contribution in [3.63, 3.8) is 0 Å². The summed E-state index contributed by atoms with van der Waals surface area (Å²) in [6.07, 6.45) is 2.96. The second-order valence-electron chi connectivity index (χ2n) is 4.00. The third kappa shape index (κ3) is 3.16. The van der Waals surface area contributed by atoms with Gasteiger partial charge in [-0.15, -0.1) is 0 Å². The molecule has 0 aliphatic carbocycles. The highest BCUT2D eigenvalue weighted by molar-refractivity contribution is 6.05. The van der Waals surface area contributed by atoms with E-state index >= 15 is 0 Å². The molecular weight excluding hydrogens is 246 g/mol. The first-order valence-electron chi connectivity index (χ1n) is 5.59. The van der Waals surface area contributed by atoms with Crippen molar-refractivity contribution in [1.29, 1.82) is 0 Å². The third-order valence-corrected chi connectivity index (χ3v) is 2.52. The minimum Gasteiger partial charge on any atom is -0.397 e. The molecule has 0 unspecified atom stereocenters. The van der Waals surface area contributed by atoms with Crippen LogP contribution in [0.3, 0.4) is 0 Å². The molecule has 0 spiro atoms. The number of furan rings is 1. The van der Waals surface area contributed by atoms with Crippen molar-refractivity contribution < 1.29 is 14.1 Å². The molecule has 0 radical (unpaired) electrons. The van der Waals surface area contributed by atoms with Crippen molar-refractivity contribution >= 4 is 17.7 Å². The minimum absolute atomic E-state index is 0.0462. The average Bonchev–Trinajstić information content (AvgIpc) is 2.87. The molecule has 0 bridgehead atoms. The Kier molecular flexibility index (Phi) is 3.56. The largest absolute Gasteiger partial charge is 0.433 e. The first-order chi connectivity index (χ1) is 9.06. The Morgan fingerprint density at radius 2 is 1.89 bits per heavy atom. The molecule has 0 aliphatic heterocycles. The number of hydrogen-bond acceptors (Lipinski definition) is 4. The molecule has 1 heterocycles. The zero-order valence-corrected chi connectivity index (χ0v) is 10.2. The van der Waals surface area contributed by atoms with E-state index in [0.717, 1.165) is 17.2 Å².